The third-order valence-electron chi connectivity index (χ3n) is 10.8. The number of nitrogens with one attached hydrogen (secondary N) is 1. The fraction of sp³-hybridized carbons (Fsp3) is 0.137. The predicted molar refractivity (Wildman–Crippen MR) is 229 cm³/mol. The van der Waals surface area contributed by atoms with E-state index < -0.39 is 0 Å². The maximum atomic E-state index is 6.39. The highest BCUT2D eigenvalue weighted by Crippen LogP contribution is 2.49. The van der Waals surface area contributed by atoms with Gasteiger partial charge >= 0.3 is 0 Å². The first-order valence-corrected chi connectivity index (χ1v) is 18.8. The molecule has 0 aliphatic heterocycles. The molecule has 0 saturated carbocycles. The highest BCUT2D eigenvalue weighted by atomic mass is 16.3. The van der Waals surface area contributed by atoms with Crippen molar-refractivity contribution in [1.29, 1.82) is 0 Å². The van der Waals surface area contributed by atoms with Crippen LogP contribution >= 0.6 is 0 Å². The number of benzene rings is 7. The monoisotopic (exact) mass is 687 g/mol. The molecule has 1 aliphatic rings. The van der Waals surface area contributed by atoms with Crippen molar-refractivity contribution in [3.05, 3.63) is 169 Å². The molecule has 53 heavy (non-hydrogen) atoms. The maximum Gasteiger partial charge on any atom is 0.143 e. The Balaban J connectivity index is 0.000000628. The Morgan fingerprint density at radius 3 is 1.91 bits per heavy atom. The van der Waals surface area contributed by atoms with Crippen molar-refractivity contribution in [2.75, 3.05) is 0 Å². The third-order valence-corrected chi connectivity index (χ3v) is 10.8. The number of aromatic amines is 1. The summed E-state index contributed by atoms with van der Waals surface area (Å²) in [6.45, 7) is 12.7. The van der Waals surface area contributed by atoms with Gasteiger partial charge in [-0.2, -0.15) is 0 Å². The summed E-state index contributed by atoms with van der Waals surface area (Å²) < 4.78 is 6.39. The zero-order valence-corrected chi connectivity index (χ0v) is 31.4. The molecule has 0 spiro atoms. The van der Waals surface area contributed by atoms with Gasteiger partial charge in [0.25, 0.3) is 0 Å². The van der Waals surface area contributed by atoms with Gasteiger partial charge in [0.05, 0.1) is 5.52 Å². The molecule has 0 atom stereocenters. The van der Waals surface area contributed by atoms with Gasteiger partial charge in [0.1, 0.15) is 11.2 Å². The van der Waals surface area contributed by atoms with Crippen molar-refractivity contribution in [2.45, 2.75) is 47.0 Å². The van der Waals surface area contributed by atoms with E-state index in [1.54, 1.807) is 0 Å². The zero-order valence-electron chi connectivity index (χ0n) is 31.4. The second kappa shape index (κ2) is 13.8. The molecule has 0 radical (unpaired) electrons. The van der Waals surface area contributed by atoms with Gasteiger partial charge in [0.2, 0.25) is 0 Å². The van der Waals surface area contributed by atoms with Crippen molar-refractivity contribution < 1.29 is 4.42 Å². The first-order chi connectivity index (χ1) is 26.0. The van der Waals surface area contributed by atoms with Crippen LogP contribution in [0.1, 0.15) is 52.7 Å². The molecule has 7 aromatic carbocycles. The summed E-state index contributed by atoms with van der Waals surface area (Å²) in [5.74, 6) is 0. The van der Waals surface area contributed by atoms with Gasteiger partial charge in [-0.3, -0.25) is 0 Å². The maximum absolute atomic E-state index is 6.39. The summed E-state index contributed by atoms with van der Waals surface area (Å²) in [5.41, 5.74) is 16.8. The molecular formula is C51H45NO. The lowest BCUT2D eigenvalue weighted by Crippen LogP contribution is -2.14. The van der Waals surface area contributed by atoms with Crippen LogP contribution in [0.15, 0.2) is 162 Å². The van der Waals surface area contributed by atoms with Crippen LogP contribution in [0.5, 0.6) is 0 Å². The van der Waals surface area contributed by atoms with E-state index in [4.69, 9.17) is 4.42 Å². The van der Waals surface area contributed by atoms with Gasteiger partial charge in [0, 0.05) is 43.6 Å². The van der Waals surface area contributed by atoms with Gasteiger partial charge in [-0.1, -0.05) is 155 Å². The smallest absolute Gasteiger partial charge is 0.143 e. The first-order valence-electron chi connectivity index (χ1n) is 18.8. The van der Waals surface area contributed by atoms with Crippen molar-refractivity contribution in [2.24, 2.45) is 0 Å². The minimum absolute atomic E-state index is 0.0235. The standard InChI is InChI=1S/C45H31NO.C4H8.C2H6/c1-45(2)39-18-5-3-12-33(39)34-22-20-28(26-40(34)45)27-10-7-11-29(24-27)31-14-8-16-36-38-25-30(21-23-41(38)46-43(31)36)32-15-9-17-37-35-13-4-6-19-42(35)47-44(32)37;1-3-4-2;1-2/h3-26,46H,1-2H3;3-4H,1-2H3;1-2H3/b;4-3-;. The number of rotatable bonds is 3. The molecule has 2 heteroatoms. The van der Waals surface area contributed by atoms with Crippen LogP contribution in [0, 0.1) is 0 Å². The molecular weight excluding hydrogens is 643 g/mol. The lowest BCUT2D eigenvalue weighted by molar-refractivity contribution is 0.660. The molecule has 2 heterocycles. The Bertz CT molecular complexity index is 2800. The molecule has 10 rings (SSSR count). The van der Waals surface area contributed by atoms with E-state index in [1.807, 2.05) is 52.0 Å². The summed E-state index contributed by atoms with van der Waals surface area (Å²) in [6, 6.07) is 52.9. The quantitative estimate of drug-likeness (QED) is 0.184. The van der Waals surface area contributed by atoms with E-state index in [9.17, 15) is 0 Å². The summed E-state index contributed by atoms with van der Waals surface area (Å²) in [4.78, 5) is 3.77. The summed E-state index contributed by atoms with van der Waals surface area (Å²) in [7, 11) is 0. The summed E-state index contributed by atoms with van der Waals surface area (Å²) in [5, 5.41) is 4.73. The third kappa shape index (κ3) is 5.66. The highest BCUT2D eigenvalue weighted by Gasteiger charge is 2.35. The molecule has 1 aliphatic carbocycles. The van der Waals surface area contributed by atoms with E-state index in [2.05, 4.69) is 152 Å². The topological polar surface area (TPSA) is 28.9 Å². The lowest BCUT2D eigenvalue weighted by atomic mass is 9.81. The Kier molecular flexibility index (Phi) is 8.84. The fourth-order valence-corrected chi connectivity index (χ4v) is 8.05. The average Bonchev–Trinajstić information content (AvgIpc) is 3.86. The minimum Gasteiger partial charge on any atom is -0.455 e. The van der Waals surface area contributed by atoms with Gasteiger partial charge in [-0.05, 0) is 88.7 Å². The molecule has 1 N–H and O–H groups in total. The first kappa shape index (κ1) is 34.0. The number of fused-ring (bicyclic) bond motifs is 9. The molecule has 0 unspecified atom stereocenters. The Morgan fingerprint density at radius 2 is 1.08 bits per heavy atom. The van der Waals surface area contributed by atoms with Gasteiger partial charge in [-0.15, -0.1) is 0 Å². The Hall–Kier alpha value is -6.12. The second-order valence-electron chi connectivity index (χ2n) is 14.1. The minimum atomic E-state index is -0.0235. The number of allylic oxidation sites excluding steroid dienone is 2. The number of furan rings is 1. The lowest BCUT2D eigenvalue weighted by Gasteiger charge is -2.22. The van der Waals surface area contributed by atoms with E-state index in [0.29, 0.717) is 0 Å². The summed E-state index contributed by atoms with van der Waals surface area (Å²) in [6.07, 6.45) is 4.00. The number of para-hydroxylation sites is 3. The van der Waals surface area contributed by atoms with Crippen molar-refractivity contribution in [1.82, 2.24) is 4.98 Å². The van der Waals surface area contributed by atoms with Crippen LogP contribution in [-0.4, -0.2) is 4.98 Å². The fourth-order valence-electron chi connectivity index (χ4n) is 8.05. The van der Waals surface area contributed by atoms with Gasteiger partial charge in [-0.25, -0.2) is 0 Å². The van der Waals surface area contributed by atoms with Crippen molar-refractivity contribution in [3.8, 4) is 44.5 Å². The van der Waals surface area contributed by atoms with Crippen molar-refractivity contribution in [3.63, 3.8) is 0 Å². The molecule has 0 fully saturated rings. The van der Waals surface area contributed by atoms with Crippen LogP contribution < -0.4 is 0 Å². The molecule has 260 valence electrons. The average molecular weight is 688 g/mol. The normalized spacial score (nSPS) is 12.8. The van der Waals surface area contributed by atoms with Crippen LogP contribution in [0.25, 0.3) is 88.3 Å². The molecule has 0 bridgehead atoms. The zero-order chi connectivity index (χ0) is 36.7. The number of hydrogen-bond donors (Lipinski definition) is 1. The molecule has 2 nitrogen and oxygen atoms in total. The summed E-state index contributed by atoms with van der Waals surface area (Å²) >= 11 is 0. The molecule has 0 saturated heterocycles. The number of aromatic nitrogens is 1. The van der Waals surface area contributed by atoms with E-state index in [-0.39, 0.29) is 5.41 Å². The van der Waals surface area contributed by atoms with Crippen LogP contribution in [0.3, 0.4) is 0 Å². The predicted octanol–water partition coefficient (Wildman–Crippen LogP) is 15.1. The number of H-pyrrole nitrogens is 1. The van der Waals surface area contributed by atoms with E-state index >= 15 is 0 Å². The molecule has 9 aromatic rings. The van der Waals surface area contributed by atoms with Gasteiger partial charge < -0.3 is 9.40 Å². The largest absolute Gasteiger partial charge is 0.455 e. The molecule has 0 amide bonds. The van der Waals surface area contributed by atoms with Crippen LogP contribution in [0.4, 0.5) is 0 Å². The SMILES string of the molecule is C/C=C\C.CC.CC1(C)c2ccccc2-c2ccc(-c3cccc(-c4cccc5c4[nH]c4ccc(-c6cccc7c6oc6ccccc67)cc45)c3)cc21. The highest BCUT2D eigenvalue weighted by molar-refractivity contribution is 6.14. The van der Waals surface area contributed by atoms with E-state index in [0.717, 1.165) is 44.1 Å². The van der Waals surface area contributed by atoms with Gasteiger partial charge in [0.15, 0.2) is 0 Å². The molecule has 2 aromatic heterocycles. The number of hydrogen-bond acceptors (Lipinski definition) is 1. The Labute approximate surface area is 312 Å². The van der Waals surface area contributed by atoms with Crippen LogP contribution in [-0.2, 0) is 5.41 Å². The second-order valence-corrected chi connectivity index (χ2v) is 14.1. The Morgan fingerprint density at radius 1 is 0.472 bits per heavy atom. The van der Waals surface area contributed by atoms with Crippen molar-refractivity contribution >= 4 is 43.7 Å². The van der Waals surface area contributed by atoms with Crippen LogP contribution in [0.2, 0.25) is 0 Å². The van der Waals surface area contributed by atoms with E-state index in [1.165, 1.54) is 55.3 Å².